The van der Waals surface area contributed by atoms with Gasteiger partial charge in [-0.15, -0.1) is 11.3 Å². The lowest BCUT2D eigenvalue weighted by molar-refractivity contribution is -0.113. The Labute approximate surface area is 186 Å². The van der Waals surface area contributed by atoms with E-state index in [4.69, 9.17) is 11.6 Å². The summed E-state index contributed by atoms with van der Waals surface area (Å²) in [6.45, 7) is 3.88. The van der Waals surface area contributed by atoms with E-state index in [9.17, 15) is 9.59 Å². The van der Waals surface area contributed by atoms with Crippen molar-refractivity contribution < 1.29 is 4.79 Å². The molecule has 0 atom stereocenters. The van der Waals surface area contributed by atoms with E-state index in [1.807, 2.05) is 55.6 Å². The Bertz CT molecular complexity index is 1310. The Morgan fingerprint density at radius 3 is 2.77 bits per heavy atom. The van der Waals surface area contributed by atoms with Crippen LogP contribution >= 0.6 is 34.7 Å². The average Bonchev–Trinajstić information content (AvgIpc) is 3.18. The van der Waals surface area contributed by atoms with Gasteiger partial charge in [0.05, 0.1) is 27.7 Å². The highest BCUT2D eigenvalue weighted by molar-refractivity contribution is 7.99. The molecule has 152 valence electrons. The third kappa shape index (κ3) is 4.14. The molecule has 0 bridgehead atoms. The highest BCUT2D eigenvalue weighted by atomic mass is 35.5. The molecule has 0 fully saturated rings. The van der Waals surface area contributed by atoms with Crippen LogP contribution in [0.5, 0.6) is 0 Å². The molecule has 4 aromatic rings. The number of aromatic nitrogens is 2. The van der Waals surface area contributed by atoms with Crippen LogP contribution in [0.4, 0.5) is 5.69 Å². The third-order valence-corrected chi connectivity index (χ3v) is 6.68. The van der Waals surface area contributed by atoms with Crippen LogP contribution in [0.15, 0.2) is 63.9 Å². The number of benzene rings is 2. The van der Waals surface area contributed by atoms with Crippen LogP contribution in [-0.4, -0.2) is 21.2 Å². The summed E-state index contributed by atoms with van der Waals surface area (Å²) < 4.78 is 2.18. The number of carbonyl (C=O) groups is 1. The van der Waals surface area contributed by atoms with Gasteiger partial charge in [-0.2, -0.15) is 0 Å². The van der Waals surface area contributed by atoms with Gasteiger partial charge in [0, 0.05) is 0 Å². The molecule has 5 nitrogen and oxygen atoms in total. The number of para-hydroxylation sites is 1. The number of nitrogens with zero attached hydrogens (tertiary/aromatic N) is 2. The first kappa shape index (κ1) is 20.7. The minimum absolute atomic E-state index is 0.0954. The molecule has 1 N–H and O–H groups in total. The Hall–Kier alpha value is -2.61. The van der Waals surface area contributed by atoms with Crippen molar-refractivity contribution in [3.8, 4) is 5.69 Å². The van der Waals surface area contributed by atoms with Gasteiger partial charge in [-0.3, -0.25) is 14.2 Å². The summed E-state index contributed by atoms with van der Waals surface area (Å²) in [5, 5.41) is 5.64. The Morgan fingerprint density at radius 1 is 1.20 bits per heavy atom. The van der Waals surface area contributed by atoms with Crippen LogP contribution in [0.1, 0.15) is 11.1 Å². The molecule has 0 saturated carbocycles. The maximum absolute atomic E-state index is 13.2. The van der Waals surface area contributed by atoms with Crippen LogP contribution in [0.25, 0.3) is 15.9 Å². The molecule has 0 radical (unpaired) electrons. The summed E-state index contributed by atoms with van der Waals surface area (Å²) >= 11 is 8.80. The number of thiophene rings is 1. The highest BCUT2D eigenvalue weighted by Gasteiger charge is 2.17. The first-order valence-electron chi connectivity index (χ1n) is 9.19. The summed E-state index contributed by atoms with van der Waals surface area (Å²) in [4.78, 5) is 30.4. The van der Waals surface area contributed by atoms with Crippen molar-refractivity contribution in [2.45, 2.75) is 19.0 Å². The fourth-order valence-electron chi connectivity index (χ4n) is 3.05. The van der Waals surface area contributed by atoms with Crippen molar-refractivity contribution in [2.24, 2.45) is 0 Å². The Morgan fingerprint density at radius 2 is 2.00 bits per heavy atom. The minimum atomic E-state index is -0.221. The smallest absolute Gasteiger partial charge is 0.276 e. The summed E-state index contributed by atoms with van der Waals surface area (Å²) in [6, 6.07) is 14.9. The van der Waals surface area contributed by atoms with E-state index in [-0.39, 0.29) is 17.2 Å². The van der Waals surface area contributed by atoms with Gasteiger partial charge >= 0.3 is 0 Å². The largest absolute Gasteiger partial charge is 0.324 e. The van der Waals surface area contributed by atoms with Gasteiger partial charge < -0.3 is 5.32 Å². The number of fused-ring (bicyclic) bond motifs is 1. The first-order chi connectivity index (χ1) is 14.4. The predicted molar refractivity (Wildman–Crippen MR) is 125 cm³/mol. The summed E-state index contributed by atoms with van der Waals surface area (Å²) in [5.74, 6) is -0.125. The van der Waals surface area contributed by atoms with Gasteiger partial charge in [0.25, 0.3) is 5.56 Å². The zero-order valence-electron chi connectivity index (χ0n) is 16.3. The standard InChI is InChI=1S/C22H18ClN3O2S2/c1-13-7-8-16(15(23)11-13)24-19(27)12-30-22-25-17-9-10-29-20(17)21(28)26(22)18-6-4-3-5-14(18)2/h3-11H,12H2,1-2H3,(H,24,27). The van der Waals surface area contributed by atoms with Crippen molar-refractivity contribution in [1.29, 1.82) is 0 Å². The fourth-order valence-corrected chi connectivity index (χ4v) is 4.90. The molecule has 1 amide bonds. The van der Waals surface area contributed by atoms with E-state index in [2.05, 4.69) is 10.3 Å². The van der Waals surface area contributed by atoms with E-state index in [0.29, 0.717) is 26.1 Å². The topological polar surface area (TPSA) is 64.0 Å². The van der Waals surface area contributed by atoms with Crippen molar-refractivity contribution >= 4 is 56.5 Å². The highest BCUT2D eigenvalue weighted by Crippen LogP contribution is 2.26. The fraction of sp³-hybridized carbons (Fsp3) is 0.136. The monoisotopic (exact) mass is 455 g/mol. The average molecular weight is 456 g/mol. The normalized spacial score (nSPS) is 11.0. The number of halogens is 1. The van der Waals surface area contributed by atoms with Crippen molar-refractivity contribution in [3.05, 3.63) is 80.4 Å². The zero-order valence-corrected chi connectivity index (χ0v) is 18.7. The number of carbonyl (C=O) groups excluding carboxylic acids is 1. The number of rotatable bonds is 5. The molecule has 30 heavy (non-hydrogen) atoms. The molecule has 0 aliphatic rings. The number of aryl methyl sites for hydroxylation is 2. The van der Waals surface area contributed by atoms with E-state index in [0.717, 1.165) is 16.8 Å². The molecule has 0 aliphatic carbocycles. The van der Waals surface area contributed by atoms with Crippen LogP contribution in [-0.2, 0) is 4.79 Å². The molecule has 4 rings (SSSR count). The molecule has 0 aliphatic heterocycles. The second kappa shape index (κ2) is 8.63. The number of hydrogen-bond acceptors (Lipinski definition) is 5. The molecule has 2 aromatic heterocycles. The molecule has 0 saturated heterocycles. The van der Waals surface area contributed by atoms with Gasteiger partial charge in [0.1, 0.15) is 4.70 Å². The lowest BCUT2D eigenvalue weighted by atomic mass is 10.2. The second-order valence-electron chi connectivity index (χ2n) is 6.78. The Balaban J connectivity index is 1.65. The van der Waals surface area contributed by atoms with Crippen molar-refractivity contribution in [1.82, 2.24) is 9.55 Å². The van der Waals surface area contributed by atoms with Gasteiger partial charge in [-0.25, -0.2) is 4.98 Å². The van der Waals surface area contributed by atoms with E-state index in [1.54, 1.807) is 16.7 Å². The number of thioether (sulfide) groups is 1. The van der Waals surface area contributed by atoms with Gasteiger partial charge in [-0.1, -0.05) is 47.6 Å². The lowest BCUT2D eigenvalue weighted by Gasteiger charge is -2.14. The SMILES string of the molecule is Cc1ccc(NC(=O)CSc2nc3ccsc3c(=O)n2-c2ccccc2C)c(Cl)c1. The van der Waals surface area contributed by atoms with Crippen molar-refractivity contribution in [2.75, 3.05) is 11.1 Å². The van der Waals surface area contributed by atoms with Gasteiger partial charge in [0.15, 0.2) is 5.16 Å². The Kier molecular flexibility index (Phi) is 5.94. The van der Waals surface area contributed by atoms with E-state index < -0.39 is 0 Å². The second-order valence-corrected chi connectivity index (χ2v) is 9.04. The molecular weight excluding hydrogens is 438 g/mol. The number of nitrogens with one attached hydrogen (secondary N) is 1. The molecule has 2 aromatic carbocycles. The molecular formula is C22H18ClN3O2S2. The van der Waals surface area contributed by atoms with E-state index >= 15 is 0 Å². The molecule has 0 spiro atoms. The van der Waals surface area contributed by atoms with Crippen LogP contribution in [0, 0.1) is 13.8 Å². The number of anilines is 1. The summed E-state index contributed by atoms with van der Waals surface area (Å²) in [7, 11) is 0. The van der Waals surface area contributed by atoms with Gasteiger partial charge in [-0.05, 0) is 54.6 Å². The number of hydrogen-bond donors (Lipinski definition) is 1. The van der Waals surface area contributed by atoms with Crippen molar-refractivity contribution in [3.63, 3.8) is 0 Å². The van der Waals surface area contributed by atoms with Crippen LogP contribution in [0.3, 0.4) is 0 Å². The first-order valence-corrected chi connectivity index (χ1v) is 11.4. The van der Waals surface area contributed by atoms with Crippen LogP contribution < -0.4 is 10.9 Å². The summed E-state index contributed by atoms with van der Waals surface area (Å²) in [6.07, 6.45) is 0. The van der Waals surface area contributed by atoms with Gasteiger partial charge in [0.2, 0.25) is 5.91 Å². The predicted octanol–water partition coefficient (Wildman–Crippen LogP) is 5.45. The molecule has 8 heteroatoms. The van der Waals surface area contributed by atoms with E-state index in [1.165, 1.54) is 23.1 Å². The maximum atomic E-state index is 13.2. The minimum Gasteiger partial charge on any atom is -0.324 e. The zero-order chi connectivity index (χ0) is 21.3. The quantitative estimate of drug-likeness (QED) is 0.321. The maximum Gasteiger partial charge on any atom is 0.276 e. The van der Waals surface area contributed by atoms with Crippen LogP contribution in [0.2, 0.25) is 5.02 Å². The third-order valence-electron chi connectivity index (χ3n) is 4.54. The summed E-state index contributed by atoms with van der Waals surface area (Å²) in [5.41, 5.74) is 3.80. The number of amides is 1. The lowest BCUT2D eigenvalue weighted by Crippen LogP contribution is -2.22. The molecule has 0 unspecified atom stereocenters. The molecule has 2 heterocycles.